The van der Waals surface area contributed by atoms with Crippen molar-refractivity contribution in [2.75, 3.05) is 0 Å². The number of hydrogen-bond acceptors (Lipinski definition) is 2. The lowest BCUT2D eigenvalue weighted by atomic mass is 9.95. The minimum Gasteiger partial charge on any atom is -0.465 e. The normalized spacial score (nSPS) is 14.4. The molecule has 2 unspecified atom stereocenters. The highest BCUT2D eigenvalue weighted by atomic mass is 16.4. The molecule has 88 valence electrons. The minimum atomic E-state index is -1.14. The lowest BCUT2D eigenvalue weighted by Gasteiger charge is -2.29. The van der Waals surface area contributed by atoms with Crippen LogP contribution in [-0.4, -0.2) is 34.5 Å². The van der Waals surface area contributed by atoms with Crippen molar-refractivity contribution in [3.8, 4) is 0 Å². The SMILES string of the molecule is CCC(NC(=O)O)C(NC(=O)O)C(C)C. The molecule has 0 radical (unpaired) electrons. The highest BCUT2D eigenvalue weighted by Gasteiger charge is 2.25. The van der Waals surface area contributed by atoms with Crippen molar-refractivity contribution in [1.29, 1.82) is 0 Å². The van der Waals surface area contributed by atoms with Crippen LogP contribution in [0.25, 0.3) is 0 Å². The van der Waals surface area contributed by atoms with Gasteiger partial charge in [0.15, 0.2) is 0 Å². The summed E-state index contributed by atoms with van der Waals surface area (Å²) in [4.78, 5) is 21.0. The molecule has 0 saturated carbocycles. The Kier molecular flexibility index (Phi) is 5.51. The highest BCUT2D eigenvalue weighted by molar-refractivity contribution is 5.66. The average molecular weight is 218 g/mol. The lowest BCUT2D eigenvalue weighted by Crippen LogP contribution is -2.53. The van der Waals surface area contributed by atoms with Crippen LogP contribution in [0.5, 0.6) is 0 Å². The zero-order chi connectivity index (χ0) is 12.0. The highest BCUT2D eigenvalue weighted by Crippen LogP contribution is 2.09. The van der Waals surface area contributed by atoms with E-state index in [9.17, 15) is 9.59 Å². The van der Waals surface area contributed by atoms with Crippen LogP contribution in [0.3, 0.4) is 0 Å². The van der Waals surface area contributed by atoms with E-state index in [0.717, 1.165) is 0 Å². The Labute approximate surface area is 88.7 Å². The maximum Gasteiger partial charge on any atom is 0.404 e. The van der Waals surface area contributed by atoms with Crippen molar-refractivity contribution in [3.05, 3.63) is 0 Å². The molecule has 0 aromatic rings. The second kappa shape index (κ2) is 6.10. The monoisotopic (exact) mass is 218 g/mol. The first-order valence-electron chi connectivity index (χ1n) is 4.87. The van der Waals surface area contributed by atoms with Crippen LogP contribution in [0.15, 0.2) is 0 Å². The first-order chi connectivity index (χ1) is 6.88. The Hall–Kier alpha value is -1.46. The van der Waals surface area contributed by atoms with E-state index in [1.807, 2.05) is 13.8 Å². The second-order valence-electron chi connectivity index (χ2n) is 3.68. The van der Waals surface area contributed by atoms with Crippen LogP contribution in [-0.2, 0) is 0 Å². The third kappa shape index (κ3) is 5.09. The van der Waals surface area contributed by atoms with Gasteiger partial charge in [0.1, 0.15) is 0 Å². The van der Waals surface area contributed by atoms with Crippen LogP contribution in [0, 0.1) is 5.92 Å². The first kappa shape index (κ1) is 13.5. The molecule has 0 heterocycles. The molecule has 0 aliphatic carbocycles. The van der Waals surface area contributed by atoms with Gasteiger partial charge in [0.05, 0.1) is 12.1 Å². The zero-order valence-electron chi connectivity index (χ0n) is 9.15. The molecule has 0 bridgehead atoms. The molecule has 0 aliphatic rings. The Morgan fingerprint density at radius 3 is 1.87 bits per heavy atom. The molecule has 2 atom stereocenters. The van der Waals surface area contributed by atoms with Crippen LogP contribution in [0.1, 0.15) is 27.2 Å². The van der Waals surface area contributed by atoms with E-state index in [-0.39, 0.29) is 5.92 Å². The summed E-state index contributed by atoms with van der Waals surface area (Å²) >= 11 is 0. The van der Waals surface area contributed by atoms with Crippen molar-refractivity contribution < 1.29 is 19.8 Å². The van der Waals surface area contributed by atoms with Gasteiger partial charge in [0, 0.05) is 0 Å². The zero-order valence-corrected chi connectivity index (χ0v) is 9.15. The maximum absolute atomic E-state index is 10.5. The Bertz CT molecular complexity index is 230. The van der Waals surface area contributed by atoms with Crippen molar-refractivity contribution in [2.24, 2.45) is 5.92 Å². The van der Waals surface area contributed by atoms with Gasteiger partial charge in [-0.2, -0.15) is 0 Å². The maximum atomic E-state index is 10.5. The first-order valence-corrected chi connectivity index (χ1v) is 4.87. The molecule has 0 spiro atoms. The number of carboxylic acid groups (broad SMARTS) is 2. The van der Waals surface area contributed by atoms with Crippen LogP contribution in [0.4, 0.5) is 9.59 Å². The van der Waals surface area contributed by atoms with E-state index in [1.54, 1.807) is 6.92 Å². The number of carbonyl (C=O) groups is 2. The summed E-state index contributed by atoms with van der Waals surface area (Å²) in [5.41, 5.74) is 0. The van der Waals surface area contributed by atoms with Gasteiger partial charge in [-0.1, -0.05) is 20.8 Å². The van der Waals surface area contributed by atoms with Crippen LogP contribution < -0.4 is 10.6 Å². The molecule has 0 rings (SSSR count). The number of hydrogen-bond donors (Lipinski definition) is 4. The van der Waals surface area contributed by atoms with E-state index in [1.165, 1.54) is 0 Å². The van der Waals surface area contributed by atoms with Crippen molar-refractivity contribution >= 4 is 12.2 Å². The van der Waals surface area contributed by atoms with Crippen molar-refractivity contribution in [1.82, 2.24) is 10.6 Å². The summed E-state index contributed by atoms with van der Waals surface area (Å²) < 4.78 is 0. The summed E-state index contributed by atoms with van der Waals surface area (Å²) in [6.45, 7) is 5.49. The van der Waals surface area contributed by atoms with E-state index >= 15 is 0 Å². The predicted octanol–water partition coefficient (Wildman–Crippen LogP) is 1.32. The van der Waals surface area contributed by atoms with Gasteiger partial charge in [0.2, 0.25) is 0 Å². The lowest BCUT2D eigenvalue weighted by molar-refractivity contribution is 0.168. The molecule has 6 nitrogen and oxygen atoms in total. The molecule has 6 heteroatoms. The molecule has 15 heavy (non-hydrogen) atoms. The van der Waals surface area contributed by atoms with Gasteiger partial charge in [-0.25, -0.2) is 9.59 Å². The summed E-state index contributed by atoms with van der Waals surface area (Å²) in [7, 11) is 0. The van der Waals surface area contributed by atoms with E-state index < -0.39 is 24.3 Å². The van der Waals surface area contributed by atoms with Gasteiger partial charge >= 0.3 is 12.2 Å². The smallest absolute Gasteiger partial charge is 0.404 e. The van der Waals surface area contributed by atoms with Gasteiger partial charge in [0.25, 0.3) is 0 Å². The van der Waals surface area contributed by atoms with E-state index in [2.05, 4.69) is 10.6 Å². The summed E-state index contributed by atoms with van der Waals surface area (Å²) in [5.74, 6) is 0.0258. The topological polar surface area (TPSA) is 98.7 Å². The molecular formula is C9H18N2O4. The van der Waals surface area contributed by atoms with Gasteiger partial charge in [-0.3, -0.25) is 0 Å². The Morgan fingerprint density at radius 2 is 1.60 bits per heavy atom. The van der Waals surface area contributed by atoms with Crippen LogP contribution >= 0.6 is 0 Å². The summed E-state index contributed by atoms with van der Waals surface area (Å²) in [6, 6.07) is -0.817. The Balaban J connectivity index is 4.54. The van der Waals surface area contributed by atoms with Crippen molar-refractivity contribution in [2.45, 2.75) is 39.3 Å². The molecule has 0 saturated heterocycles. The molecule has 0 aromatic carbocycles. The van der Waals surface area contributed by atoms with Gasteiger partial charge in [-0.05, 0) is 12.3 Å². The fourth-order valence-electron chi connectivity index (χ4n) is 1.48. The molecule has 2 amide bonds. The third-order valence-corrected chi connectivity index (χ3v) is 2.19. The molecule has 0 aliphatic heterocycles. The summed E-state index contributed by atoms with van der Waals surface area (Å²) in [6.07, 6.45) is -1.74. The summed E-state index contributed by atoms with van der Waals surface area (Å²) in [5, 5.41) is 21.9. The predicted molar refractivity (Wildman–Crippen MR) is 55.0 cm³/mol. The second-order valence-corrected chi connectivity index (χ2v) is 3.68. The average Bonchev–Trinajstić information content (AvgIpc) is 2.09. The largest absolute Gasteiger partial charge is 0.465 e. The number of nitrogens with one attached hydrogen (secondary N) is 2. The molecular weight excluding hydrogens is 200 g/mol. The molecule has 0 aromatic heterocycles. The van der Waals surface area contributed by atoms with Gasteiger partial charge in [-0.15, -0.1) is 0 Å². The standard InChI is InChI=1S/C9H18N2O4/c1-4-6(10-8(12)13)7(5(2)3)11-9(14)15/h5-7,10-11H,4H2,1-3H3,(H,12,13)(H,14,15). The fourth-order valence-corrected chi connectivity index (χ4v) is 1.48. The quantitative estimate of drug-likeness (QED) is 0.559. The number of rotatable bonds is 5. The van der Waals surface area contributed by atoms with E-state index in [4.69, 9.17) is 10.2 Å². The minimum absolute atomic E-state index is 0.0258. The number of amides is 2. The molecule has 0 fully saturated rings. The molecule has 4 N–H and O–H groups in total. The van der Waals surface area contributed by atoms with Crippen LogP contribution in [0.2, 0.25) is 0 Å². The van der Waals surface area contributed by atoms with Crippen molar-refractivity contribution in [3.63, 3.8) is 0 Å². The van der Waals surface area contributed by atoms with E-state index in [0.29, 0.717) is 6.42 Å². The van der Waals surface area contributed by atoms with Gasteiger partial charge < -0.3 is 20.8 Å². The Morgan fingerprint density at radius 1 is 1.13 bits per heavy atom. The fraction of sp³-hybridized carbons (Fsp3) is 0.778. The third-order valence-electron chi connectivity index (χ3n) is 2.19.